The van der Waals surface area contributed by atoms with Crippen molar-refractivity contribution < 1.29 is 5.11 Å². The van der Waals surface area contributed by atoms with E-state index in [4.69, 9.17) is 5.73 Å². The largest absolute Gasteiger partial charge is 0.389 e. The summed E-state index contributed by atoms with van der Waals surface area (Å²) in [7, 11) is 0. The zero-order valence-electron chi connectivity index (χ0n) is 9.86. The lowest BCUT2D eigenvalue weighted by Gasteiger charge is -2.20. The van der Waals surface area contributed by atoms with Gasteiger partial charge in [0.1, 0.15) is 0 Å². The predicted molar refractivity (Wildman–Crippen MR) is 70.7 cm³/mol. The minimum Gasteiger partial charge on any atom is -0.389 e. The van der Waals surface area contributed by atoms with Crippen LogP contribution in [0, 0.1) is 0 Å². The molecular formula is C13H21NOS. The van der Waals surface area contributed by atoms with E-state index in [-0.39, 0.29) is 0 Å². The van der Waals surface area contributed by atoms with Crippen LogP contribution in [-0.4, -0.2) is 23.0 Å². The van der Waals surface area contributed by atoms with Crippen molar-refractivity contribution in [3.05, 3.63) is 30.3 Å². The summed E-state index contributed by atoms with van der Waals surface area (Å²) in [4.78, 5) is 1.31. The molecule has 1 rings (SSSR count). The molecule has 0 radical (unpaired) electrons. The van der Waals surface area contributed by atoms with Crippen LogP contribution in [0.1, 0.15) is 26.2 Å². The van der Waals surface area contributed by atoms with Crippen LogP contribution in [0.15, 0.2) is 35.2 Å². The molecule has 3 N–H and O–H groups in total. The third kappa shape index (κ3) is 5.54. The molecule has 0 bridgehead atoms. The van der Waals surface area contributed by atoms with E-state index in [1.807, 2.05) is 17.8 Å². The fourth-order valence-electron chi connectivity index (χ4n) is 1.42. The molecule has 90 valence electrons. The number of rotatable bonds is 7. The van der Waals surface area contributed by atoms with Crippen molar-refractivity contribution in [1.82, 2.24) is 0 Å². The van der Waals surface area contributed by atoms with E-state index in [0.29, 0.717) is 6.54 Å². The molecule has 3 heteroatoms. The quantitative estimate of drug-likeness (QED) is 0.568. The van der Waals surface area contributed by atoms with Gasteiger partial charge in [0, 0.05) is 11.4 Å². The Labute approximate surface area is 102 Å². The number of nitrogens with two attached hydrogens (primary N) is 1. The average Bonchev–Trinajstić information content (AvgIpc) is 2.30. The standard InChI is InChI=1S/C13H21NOS/c1-13(15,11-14)9-5-6-10-16-12-7-3-2-4-8-12/h2-4,7-8,15H,5-6,9-11,14H2,1H3. The Morgan fingerprint density at radius 3 is 2.56 bits per heavy atom. The van der Waals surface area contributed by atoms with Gasteiger partial charge in [-0.2, -0.15) is 0 Å². The van der Waals surface area contributed by atoms with Crippen LogP contribution in [0.4, 0.5) is 0 Å². The van der Waals surface area contributed by atoms with Gasteiger partial charge in [0.2, 0.25) is 0 Å². The summed E-state index contributed by atoms with van der Waals surface area (Å²) in [5.74, 6) is 1.10. The summed E-state index contributed by atoms with van der Waals surface area (Å²) in [6, 6.07) is 10.4. The molecule has 0 aliphatic heterocycles. The summed E-state index contributed by atoms with van der Waals surface area (Å²) >= 11 is 1.87. The molecule has 0 saturated carbocycles. The molecule has 0 fully saturated rings. The van der Waals surface area contributed by atoms with Crippen molar-refractivity contribution in [1.29, 1.82) is 0 Å². The molecule has 16 heavy (non-hydrogen) atoms. The third-order valence-corrected chi connectivity index (χ3v) is 3.66. The van der Waals surface area contributed by atoms with Crippen LogP contribution in [0.5, 0.6) is 0 Å². The van der Waals surface area contributed by atoms with E-state index in [1.165, 1.54) is 4.90 Å². The Bertz CT molecular complexity index is 287. The molecule has 2 nitrogen and oxygen atoms in total. The summed E-state index contributed by atoms with van der Waals surface area (Å²) in [5, 5.41) is 9.71. The molecule has 0 aliphatic carbocycles. The highest BCUT2D eigenvalue weighted by Gasteiger charge is 2.16. The van der Waals surface area contributed by atoms with Gasteiger partial charge in [-0.05, 0) is 44.1 Å². The number of hydrogen-bond acceptors (Lipinski definition) is 3. The van der Waals surface area contributed by atoms with Crippen molar-refractivity contribution in [2.75, 3.05) is 12.3 Å². The Morgan fingerprint density at radius 2 is 1.94 bits per heavy atom. The smallest absolute Gasteiger partial charge is 0.0741 e. The highest BCUT2D eigenvalue weighted by molar-refractivity contribution is 7.99. The monoisotopic (exact) mass is 239 g/mol. The van der Waals surface area contributed by atoms with Gasteiger partial charge in [0.05, 0.1) is 5.60 Å². The highest BCUT2D eigenvalue weighted by atomic mass is 32.2. The van der Waals surface area contributed by atoms with Crippen molar-refractivity contribution in [3.8, 4) is 0 Å². The minimum absolute atomic E-state index is 0.346. The third-order valence-electron chi connectivity index (χ3n) is 2.56. The van der Waals surface area contributed by atoms with E-state index in [9.17, 15) is 5.11 Å². The number of hydrogen-bond donors (Lipinski definition) is 2. The summed E-state index contributed by atoms with van der Waals surface area (Å²) in [5.41, 5.74) is 4.77. The van der Waals surface area contributed by atoms with Crippen LogP contribution in [0.2, 0.25) is 0 Å². The van der Waals surface area contributed by atoms with Crippen molar-refractivity contribution in [3.63, 3.8) is 0 Å². The molecule has 0 spiro atoms. The van der Waals surface area contributed by atoms with Crippen LogP contribution >= 0.6 is 11.8 Å². The fourth-order valence-corrected chi connectivity index (χ4v) is 2.35. The SMILES string of the molecule is CC(O)(CN)CCCCSc1ccccc1. The van der Waals surface area contributed by atoms with E-state index in [1.54, 1.807) is 6.92 Å². The molecular weight excluding hydrogens is 218 g/mol. The molecule has 1 aromatic rings. The molecule has 0 heterocycles. The van der Waals surface area contributed by atoms with Crippen LogP contribution in [0.3, 0.4) is 0 Å². The molecule has 0 amide bonds. The van der Waals surface area contributed by atoms with Gasteiger partial charge in [-0.3, -0.25) is 0 Å². The molecule has 1 aromatic carbocycles. The van der Waals surface area contributed by atoms with Crippen LogP contribution in [0.25, 0.3) is 0 Å². The fraction of sp³-hybridized carbons (Fsp3) is 0.538. The first kappa shape index (κ1) is 13.6. The predicted octanol–water partition coefficient (Wildman–Crippen LogP) is 2.66. The Kier molecular flexibility index (Phi) is 5.88. The Morgan fingerprint density at radius 1 is 1.25 bits per heavy atom. The second-order valence-corrected chi connectivity index (χ2v) is 5.49. The second-order valence-electron chi connectivity index (χ2n) is 4.32. The van der Waals surface area contributed by atoms with Gasteiger partial charge in [0.15, 0.2) is 0 Å². The maximum absolute atomic E-state index is 9.71. The second kappa shape index (κ2) is 6.94. The number of aliphatic hydroxyl groups is 1. The average molecular weight is 239 g/mol. The number of unbranched alkanes of at least 4 members (excludes halogenated alkanes) is 1. The lowest BCUT2D eigenvalue weighted by Crippen LogP contribution is -2.33. The van der Waals surface area contributed by atoms with E-state index in [0.717, 1.165) is 25.0 Å². The first-order valence-corrected chi connectivity index (χ1v) is 6.73. The van der Waals surface area contributed by atoms with Crippen molar-refractivity contribution in [2.45, 2.75) is 36.7 Å². The highest BCUT2D eigenvalue weighted by Crippen LogP contribution is 2.20. The normalized spacial score (nSPS) is 14.7. The van der Waals surface area contributed by atoms with E-state index < -0.39 is 5.60 Å². The first-order chi connectivity index (χ1) is 7.64. The topological polar surface area (TPSA) is 46.2 Å². The van der Waals surface area contributed by atoms with E-state index >= 15 is 0 Å². The van der Waals surface area contributed by atoms with Gasteiger partial charge >= 0.3 is 0 Å². The maximum atomic E-state index is 9.71. The van der Waals surface area contributed by atoms with Gasteiger partial charge in [-0.25, -0.2) is 0 Å². The van der Waals surface area contributed by atoms with Gasteiger partial charge < -0.3 is 10.8 Å². The van der Waals surface area contributed by atoms with E-state index in [2.05, 4.69) is 24.3 Å². The lowest BCUT2D eigenvalue weighted by atomic mass is 10.00. The molecule has 0 aromatic heterocycles. The van der Waals surface area contributed by atoms with Crippen molar-refractivity contribution in [2.24, 2.45) is 5.73 Å². The van der Waals surface area contributed by atoms with Gasteiger partial charge in [-0.1, -0.05) is 18.2 Å². The Balaban J connectivity index is 2.09. The van der Waals surface area contributed by atoms with Gasteiger partial charge in [-0.15, -0.1) is 11.8 Å². The summed E-state index contributed by atoms with van der Waals surface area (Å²) in [6.07, 6.45) is 2.94. The lowest BCUT2D eigenvalue weighted by molar-refractivity contribution is 0.0577. The number of thioether (sulfide) groups is 1. The Hall–Kier alpha value is -0.510. The van der Waals surface area contributed by atoms with Crippen molar-refractivity contribution >= 4 is 11.8 Å². The van der Waals surface area contributed by atoms with Crippen LogP contribution in [-0.2, 0) is 0 Å². The number of benzene rings is 1. The maximum Gasteiger partial charge on any atom is 0.0741 e. The zero-order chi connectivity index (χ0) is 11.9. The summed E-state index contributed by atoms with van der Waals surface area (Å²) in [6.45, 7) is 2.15. The zero-order valence-corrected chi connectivity index (χ0v) is 10.7. The van der Waals surface area contributed by atoms with Gasteiger partial charge in [0.25, 0.3) is 0 Å². The van der Waals surface area contributed by atoms with Crippen LogP contribution < -0.4 is 5.73 Å². The molecule has 1 unspecified atom stereocenters. The molecule has 0 saturated heterocycles. The summed E-state index contributed by atoms with van der Waals surface area (Å²) < 4.78 is 0. The molecule has 1 atom stereocenters. The molecule has 0 aliphatic rings. The minimum atomic E-state index is -0.683. The first-order valence-electron chi connectivity index (χ1n) is 5.74.